The topological polar surface area (TPSA) is 44.4 Å². The Balaban J connectivity index is 1.77. The molecule has 172 valence electrons. The van der Waals surface area contributed by atoms with E-state index in [1.165, 1.54) is 6.07 Å². The first kappa shape index (κ1) is 24.0. The highest BCUT2D eigenvalue weighted by Crippen LogP contribution is 2.36. The van der Waals surface area contributed by atoms with Crippen molar-refractivity contribution in [3.05, 3.63) is 59.2 Å². The molecule has 0 radical (unpaired) electrons. The molecule has 1 amide bonds. The van der Waals surface area contributed by atoms with E-state index in [0.29, 0.717) is 11.3 Å². The number of hydrogen-bond donors (Lipinski definition) is 2. The van der Waals surface area contributed by atoms with Crippen molar-refractivity contribution in [1.29, 1.82) is 0 Å². The lowest BCUT2D eigenvalue weighted by Crippen LogP contribution is -2.35. The fraction of sp³-hybridized carbons (Fsp3) is 0.417. The number of benzene rings is 2. The van der Waals surface area contributed by atoms with E-state index in [2.05, 4.69) is 31.4 Å². The largest absolute Gasteiger partial charge is 0.416 e. The molecule has 32 heavy (non-hydrogen) atoms. The molecule has 2 aromatic carbocycles. The van der Waals surface area contributed by atoms with Gasteiger partial charge in [-0.1, -0.05) is 32.9 Å². The number of carbonyl (C=O) groups excluding carboxylic acids is 1. The average molecular weight is 464 g/mol. The van der Waals surface area contributed by atoms with Gasteiger partial charge in [0, 0.05) is 18.7 Å². The highest BCUT2D eigenvalue weighted by molar-refractivity contribution is 7.80. The first-order valence-corrected chi connectivity index (χ1v) is 11.0. The number of hydrogen-bond acceptors (Lipinski definition) is 3. The number of amides is 1. The van der Waals surface area contributed by atoms with Crippen LogP contribution in [0.15, 0.2) is 42.5 Å². The third-order valence-corrected chi connectivity index (χ3v) is 5.71. The molecule has 0 spiro atoms. The van der Waals surface area contributed by atoms with E-state index < -0.39 is 17.6 Å². The van der Waals surface area contributed by atoms with Crippen molar-refractivity contribution in [2.45, 2.75) is 51.6 Å². The fourth-order valence-corrected chi connectivity index (χ4v) is 3.88. The Morgan fingerprint density at radius 3 is 2.09 bits per heavy atom. The summed E-state index contributed by atoms with van der Waals surface area (Å²) in [7, 11) is 0. The molecule has 8 heteroatoms. The normalized spacial score (nSPS) is 14.8. The molecular weight excluding hydrogens is 435 g/mol. The number of thiocarbonyl (C=S) groups is 1. The summed E-state index contributed by atoms with van der Waals surface area (Å²) in [6.45, 7) is 7.76. The van der Waals surface area contributed by atoms with Crippen molar-refractivity contribution in [2.24, 2.45) is 0 Å². The second kappa shape index (κ2) is 9.48. The number of nitrogens with zero attached hydrogens (tertiary/aromatic N) is 1. The molecule has 0 aromatic heterocycles. The van der Waals surface area contributed by atoms with Crippen LogP contribution in [0.1, 0.15) is 61.5 Å². The molecule has 1 aliphatic heterocycles. The number of nitrogens with one attached hydrogen (secondary N) is 2. The van der Waals surface area contributed by atoms with E-state index in [9.17, 15) is 18.0 Å². The van der Waals surface area contributed by atoms with Crippen LogP contribution in [-0.2, 0) is 11.6 Å². The Kier molecular flexibility index (Phi) is 7.12. The number of alkyl halides is 3. The number of rotatable bonds is 3. The lowest BCUT2D eigenvalue weighted by Gasteiger charge is -2.31. The van der Waals surface area contributed by atoms with Gasteiger partial charge in [-0.15, -0.1) is 0 Å². The molecule has 1 fully saturated rings. The first-order chi connectivity index (χ1) is 14.9. The Morgan fingerprint density at radius 2 is 1.53 bits per heavy atom. The van der Waals surface area contributed by atoms with E-state index in [0.717, 1.165) is 50.0 Å². The van der Waals surface area contributed by atoms with Gasteiger partial charge in [0.2, 0.25) is 0 Å². The van der Waals surface area contributed by atoms with Gasteiger partial charge in [0.05, 0.1) is 16.9 Å². The highest BCUT2D eigenvalue weighted by Gasteiger charge is 2.31. The van der Waals surface area contributed by atoms with Crippen molar-refractivity contribution >= 4 is 34.6 Å². The van der Waals surface area contributed by atoms with Gasteiger partial charge in [0.15, 0.2) is 5.11 Å². The maximum Gasteiger partial charge on any atom is 0.416 e. The minimum Gasteiger partial charge on any atom is -0.370 e. The molecule has 2 aromatic rings. The van der Waals surface area contributed by atoms with Gasteiger partial charge >= 0.3 is 6.18 Å². The molecule has 1 saturated heterocycles. The molecule has 1 aliphatic rings. The predicted octanol–water partition coefficient (Wildman–Crippen LogP) is 6.12. The summed E-state index contributed by atoms with van der Waals surface area (Å²) < 4.78 is 39.8. The predicted molar refractivity (Wildman–Crippen MR) is 126 cm³/mol. The standard InChI is InChI=1S/C24H28F3N3OS/c1-23(2,3)17-9-7-16(8-10-17)21(31)29-22(32)28-19-15-18(24(25,26)27)11-12-20(19)30-13-5-4-6-14-30/h7-12,15H,4-6,13-14H2,1-3H3,(H2,28,29,31,32). The van der Waals surface area contributed by atoms with Gasteiger partial charge in [0.25, 0.3) is 5.91 Å². The van der Waals surface area contributed by atoms with E-state index in [4.69, 9.17) is 12.2 Å². The Bertz CT molecular complexity index is 975. The quantitative estimate of drug-likeness (QED) is 0.539. The molecule has 0 atom stereocenters. The second-order valence-electron chi connectivity index (χ2n) is 9.01. The lowest BCUT2D eigenvalue weighted by molar-refractivity contribution is -0.137. The number of halogens is 3. The van der Waals surface area contributed by atoms with Gasteiger partial charge in [-0.05, 0) is 72.8 Å². The van der Waals surface area contributed by atoms with E-state index >= 15 is 0 Å². The zero-order chi connectivity index (χ0) is 23.5. The zero-order valence-electron chi connectivity index (χ0n) is 18.5. The van der Waals surface area contributed by atoms with Crippen LogP contribution in [0.2, 0.25) is 0 Å². The smallest absolute Gasteiger partial charge is 0.370 e. The van der Waals surface area contributed by atoms with Crippen LogP contribution in [-0.4, -0.2) is 24.1 Å². The average Bonchev–Trinajstić information content (AvgIpc) is 2.73. The van der Waals surface area contributed by atoms with Crippen molar-refractivity contribution in [1.82, 2.24) is 5.32 Å². The number of anilines is 2. The van der Waals surface area contributed by atoms with Crippen LogP contribution >= 0.6 is 12.2 Å². The summed E-state index contributed by atoms with van der Waals surface area (Å²) in [6, 6.07) is 10.8. The summed E-state index contributed by atoms with van der Waals surface area (Å²) in [5.41, 5.74) is 1.57. The summed E-state index contributed by atoms with van der Waals surface area (Å²) in [5.74, 6) is -0.422. The Hall–Kier alpha value is -2.61. The number of carbonyl (C=O) groups is 1. The molecular formula is C24H28F3N3OS. The molecule has 0 bridgehead atoms. The Morgan fingerprint density at radius 1 is 0.938 bits per heavy atom. The van der Waals surface area contributed by atoms with E-state index in [1.54, 1.807) is 12.1 Å². The maximum atomic E-state index is 13.3. The van der Waals surface area contributed by atoms with Gasteiger partial charge in [0.1, 0.15) is 0 Å². The Labute approximate surface area is 192 Å². The van der Waals surface area contributed by atoms with Crippen molar-refractivity contribution in [2.75, 3.05) is 23.3 Å². The number of piperidine rings is 1. The zero-order valence-corrected chi connectivity index (χ0v) is 19.3. The molecule has 2 N–H and O–H groups in total. The lowest BCUT2D eigenvalue weighted by atomic mass is 9.87. The summed E-state index contributed by atoms with van der Waals surface area (Å²) in [5, 5.41) is 5.34. The SMILES string of the molecule is CC(C)(C)c1ccc(C(=O)NC(=S)Nc2cc(C(F)(F)F)ccc2N2CCCCC2)cc1. The van der Waals surface area contributed by atoms with E-state index in [1.807, 2.05) is 17.0 Å². The summed E-state index contributed by atoms with van der Waals surface area (Å²) in [6.07, 6.45) is -1.42. The van der Waals surface area contributed by atoms with Gasteiger partial charge in [-0.3, -0.25) is 10.1 Å². The second-order valence-corrected chi connectivity index (χ2v) is 9.42. The summed E-state index contributed by atoms with van der Waals surface area (Å²) >= 11 is 5.25. The van der Waals surface area contributed by atoms with Gasteiger partial charge < -0.3 is 10.2 Å². The third kappa shape index (κ3) is 6.00. The third-order valence-electron chi connectivity index (χ3n) is 5.51. The van der Waals surface area contributed by atoms with Crippen LogP contribution in [0.4, 0.5) is 24.5 Å². The van der Waals surface area contributed by atoms with Crippen molar-refractivity contribution in [3.8, 4) is 0 Å². The monoisotopic (exact) mass is 463 g/mol. The molecule has 1 heterocycles. The van der Waals surface area contributed by atoms with Crippen LogP contribution < -0.4 is 15.5 Å². The van der Waals surface area contributed by atoms with Crippen molar-refractivity contribution in [3.63, 3.8) is 0 Å². The minimum atomic E-state index is -4.48. The van der Waals surface area contributed by atoms with Crippen LogP contribution in [0, 0.1) is 0 Å². The minimum absolute atomic E-state index is 0.0415. The van der Waals surface area contributed by atoms with Gasteiger partial charge in [-0.2, -0.15) is 13.2 Å². The van der Waals surface area contributed by atoms with Crippen molar-refractivity contribution < 1.29 is 18.0 Å². The molecule has 0 saturated carbocycles. The highest BCUT2D eigenvalue weighted by atomic mass is 32.1. The molecule has 4 nitrogen and oxygen atoms in total. The first-order valence-electron chi connectivity index (χ1n) is 10.6. The van der Waals surface area contributed by atoms with Crippen LogP contribution in [0.3, 0.4) is 0 Å². The molecule has 0 aliphatic carbocycles. The van der Waals surface area contributed by atoms with Crippen LogP contribution in [0.5, 0.6) is 0 Å². The molecule has 3 rings (SSSR count). The van der Waals surface area contributed by atoms with E-state index in [-0.39, 0.29) is 16.2 Å². The fourth-order valence-electron chi connectivity index (χ4n) is 3.67. The maximum absolute atomic E-state index is 13.3. The molecule has 0 unspecified atom stereocenters. The van der Waals surface area contributed by atoms with Crippen LogP contribution in [0.25, 0.3) is 0 Å². The van der Waals surface area contributed by atoms with Gasteiger partial charge in [-0.25, -0.2) is 0 Å². The summed E-state index contributed by atoms with van der Waals surface area (Å²) in [4.78, 5) is 14.6.